The van der Waals surface area contributed by atoms with Crippen molar-refractivity contribution < 1.29 is 9.59 Å². The van der Waals surface area contributed by atoms with Crippen LogP contribution >= 0.6 is 0 Å². The van der Waals surface area contributed by atoms with E-state index in [1.54, 1.807) is 36.4 Å². The second-order valence-corrected chi connectivity index (χ2v) is 9.55. The molecule has 0 bridgehead atoms. The first-order valence-corrected chi connectivity index (χ1v) is 11.4. The van der Waals surface area contributed by atoms with Crippen molar-refractivity contribution >= 4 is 34.2 Å². The number of carbonyl (C=O) groups is 2. The molecule has 0 aliphatic carbocycles. The van der Waals surface area contributed by atoms with Gasteiger partial charge in [0.05, 0.1) is 16.8 Å². The molecule has 2 heterocycles. The zero-order valence-corrected chi connectivity index (χ0v) is 20.7. The van der Waals surface area contributed by atoms with Crippen LogP contribution in [0.25, 0.3) is 11.0 Å². The van der Waals surface area contributed by atoms with Crippen molar-refractivity contribution in [3.05, 3.63) is 98.3 Å². The molecule has 9 nitrogen and oxygen atoms in total. The van der Waals surface area contributed by atoms with Gasteiger partial charge in [-0.05, 0) is 47.4 Å². The third-order valence-corrected chi connectivity index (χ3v) is 5.97. The van der Waals surface area contributed by atoms with E-state index in [1.807, 2.05) is 12.1 Å². The molecule has 36 heavy (non-hydrogen) atoms. The number of amides is 2. The Balaban J connectivity index is 1.58. The number of carbonyl (C=O) groups excluding carboxylic acids is 2. The molecule has 4 aromatic rings. The Hall–Kier alpha value is -4.53. The molecule has 0 aliphatic rings. The lowest BCUT2D eigenvalue weighted by atomic mass is 9.87. The Bertz CT molecular complexity index is 1610. The topological polar surface area (TPSA) is 115 Å². The lowest BCUT2D eigenvalue weighted by Gasteiger charge is -2.19. The number of hydrogen-bond donors (Lipinski definition) is 2. The quantitative estimate of drug-likeness (QED) is 0.460. The lowest BCUT2D eigenvalue weighted by molar-refractivity contribution is 0.101. The fourth-order valence-electron chi connectivity index (χ4n) is 3.78. The summed E-state index contributed by atoms with van der Waals surface area (Å²) < 4.78 is 2.20. The van der Waals surface area contributed by atoms with Gasteiger partial charge in [0, 0.05) is 19.7 Å². The van der Waals surface area contributed by atoms with Crippen LogP contribution in [-0.4, -0.2) is 25.9 Å². The molecule has 2 aromatic heterocycles. The highest BCUT2D eigenvalue weighted by atomic mass is 16.2. The number of nitrogens with one attached hydrogen (secondary N) is 2. The number of nitrogens with zero attached hydrogens (tertiary/aromatic N) is 3. The summed E-state index contributed by atoms with van der Waals surface area (Å²) in [5, 5.41) is 5.81. The first-order valence-electron chi connectivity index (χ1n) is 11.4. The average Bonchev–Trinajstić information content (AvgIpc) is 2.86. The molecule has 184 valence electrons. The van der Waals surface area contributed by atoms with Gasteiger partial charge in [-0.15, -0.1) is 0 Å². The zero-order chi connectivity index (χ0) is 26.2. The van der Waals surface area contributed by atoms with Crippen LogP contribution in [-0.2, 0) is 19.5 Å². The summed E-state index contributed by atoms with van der Waals surface area (Å²) in [6.07, 6.45) is 0. The summed E-state index contributed by atoms with van der Waals surface area (Å²) in [6, 6.07) is 17.1. The first-order chi connectivity index (χ1) is 17.0. The van der Waals surface area contributed by atoms with Gasteiger partial charge in [0.1, 0.15) is 11.3 Å². The Morgan fingerprint density at radius 2 is 1.36 bits per heavy atom. The molecule has 0 unspecified atom stereocenters. The molecule has 2 aromatic carbocycles. The van der Waals surface area contributed by atoms with Crippen molar-refractivity contribution in [3.8, 4) is 0 Å². The van der Waals surface area contributed by atoms with Crippen molar-refractivity contribution in [2.75, 3.05) is 10.6 Å². The lowest BCUT2D eigenvalue weighted by Crippen LogP contribution is -2.37. The minimum atomic E-state index is -0.554. The molecule has 0 saturated carbocycles. The Morgan fingerprint density at radius 3 is 1.94 bits per heavy atom. The predicted octanol–water partition coefficient (Wildman–Crippen LogP) is 3.43. The van der Waals surface area contributed by atoms with E-state index in [9.17, 15) is 19.2 Å². The van der Waals surface area contributed by atoms with Crippen LogP contribution in [0.4, 0.5) is 11.4 Å². The van der Waals surface area contributed by atoms with Gasteiger partial charge < -0.3 is 10.6 Å². The molecular formula is C27H27N5O4. The minimum absolute atomic E-state index is 0.0182. The third kappa shape index (κ3) is 4.68. The second kappa shape index (κ2) is 9.26. The smallest absolute Gasteiger partial charge is 0.320 e. The normalized spacial score (nSPS) is 11.4. The number of pyridine rings is 1. The van der Waals surface area contributed by atoms with Crippen molar-refractivity contribution in [3.63, 3.8) is 0 Å². The van der Waals surface area contributed by atoms with Gasteiger partial charge in [-0.25, -0.2) is 9.78 Å². The number of aryl methyl sites for hydroxylation is 1. The zero-order valence-electron chi connectivity index (χ0n) is 20.7. The number of hydrogen-bond acceptors (Lipinski definition) is 5. The van der Waals surface area contributed by atoms with Crippen LogP contribution in [0.5, 0.6) is 0 Å². The maximum Gasteiger partial charge on any atom is 0.332 e. The van der Waals surface area contributed by atoms with E-state index in [-0.39, 0.29) is 28.0 Å². The molecule has 0 radical (unpaired) electrons. The minimum Gasteiger partial charge on any atom is -0.320 e. The van der Waals surface area contributed by atoms with Crippen LogP contribution in [0.1, 0.15) is 47.2 Å². The highest BCUT2D eigenvalue weighted by molar-refractivity contribution is 6.09. The molecule has 2 amide bonds. The van der Waals surface area contributed by atoms with Crippen molar-refractivity contribution in [1.82, 2.24) is 14.1 Å². The van der Waals surface area contributed by atoms with Gasteiger partial charge in [-0.2, -0.15) is 0 Å². The van der Waals surface area contributed by atoms with Gasteiger partial charge in [-0.3, -0.25) is 23.5 Å². The largest absolute Gasteiger partial charge is 0.332 e. The van der Waals surface area contributed by atoms with E-state index in [2.05, 4.69) is 36.4 Å². The van der Waals surface area contributed by atoms with E-state index >= 15 is 0 Å². The standard InChI is InChI=1S/C27H27N5O4/c1-27(2,3)17-12-10-16(11-13-17)23(33)29-19-8-6-7-9-20(19)30-24(34)21-15-14-18-22(28-21)31(4)26(36)32(5)25(18)35/h6-15H,1-5H3,(H,29,33)(H,30,34). The molecule has 0 saturated heterocycles. The van der Waals surface area contributed by atoms with E-state index in [0.29, 0.717) is 16.9 Å². The summed E-state index contributed by atoms with van der Waals surface area (Å²) in [5.41, 5.74) is 1.47. The van der Waals surface area contributed by atoms with E-state index in [0.717, 1.165) is 10.1 Å². The van der Waals surface area contributed by atoms with Gasteiger partial charge in [-0.1, -0.05) is 45.0 Å². The fourth-order valence-corrected chi connectivity index (χ4v) is 3.78. The molecule has 0 fully saturated rings. The number of rotatable bonds is 4. The van der Waals surface area contributed by atoms with Crippen LogP contribution in [0.15, 0.2) is 70.3 Å². The van der Waals surface area contributed by atoms with E-state index in [4.69, 9.17) is 0 Å². The van der Waals surface area contributed by atoms with E-state index < -0.39 is 17.2 Å². The Labute approximate surface area is 207 Å². The summed E-state index contributed by atoms with van der Waals surface area (Å²) in [5.74, 6) is -0.868. The summed E-state index contributed by atoms with van der Waals surface area (Å²) in [6.45, 7) is 6.31. The Morgan fingerprint density at radius 1 is 0.778 bits per heavy atom. The SMILES string of the molecule is Cn1c(=O)c2ccc(C(=O)Nc3ccccc3NC(=O)c3ccc(C(C)(C)C)cc3)nc2n(C)c1=O. The number of fused-ring (bicyclic) bond motifs is 1. The number of para-hydroxylation sites is 2. The second-order valence-electron chi connectivity index (χ2n) is 9.55. The first kappa shape index (κ1) is 24.6. The molecule has 0 spiro atoms. The van der Waals surface area contributed by atoms with E-state index in [1.165, 1.54) is 30.8 Å². The molecule has 2 N–H and O–H groups in total. The molecule has 4 rings (SSSR count). The van der Waals surface area contributed by atoms with Crippen molar-refractivity contribution in [1.29, 1.82) is 0 Å². The average molecular weight is 486 g/mol. The van der Waals surface area contributed by atoms with Crippen molar-refractivity contribution in [2.24, 2.45) is 14.1 Å². The summed E-state index contributed by atoms with van der Waals surface area (Å²) >= 11 is 0. The molecule has 0 atom stereocenters. The monoisotopic (exact) mass is 485 g/mol. The molecule has 0 aliphatic heterocycles. The predicted molar refractivity (Wildman–Crippen MR) is 140 cm³/mol. The van der Waals surface area contributed by atoms with Crippen LogP contribution in [0.3, 0.4) is 0 Å². The van der Waals surface area contributed by atoms with Crippen LogP contribution in [0, 0.1) is 0 Å². The third-order valence-electron chi connectivity index (χ3n) is 5.97. The molecule has 9 heteroatoms. The number of aromatic nitrogens is 3. The fraction of sp³-hybridized carbons (Fsp3) is 0.222. The highest BCUT2D eigenvalue weighted by Crippen LogP contribution is 2.25. The van der Waals surface area contributed by atoms with Gasteiger partial charge >= 0.3 is 5.69 Å². The van der Waals surface area contributed by atoms with Crippen LogP contribution < -0.4 is 21.9 Å². The number of anilines is 2. The Kier molecular flexibility index (Phi) is 6.32. The molecular weight excluding hydrogens is 458 g/mol. The highest BCUT2D eigenvalue weighted by Gasteiger charge is 2.17. The van der Waals surface area contributed by atoms with Crippen molar-refractivity contribution in [2.45, 2.75) is 26.2 Å². The summed E-state index contributed by atoms with van der Waals surface area (Å²) in [7, 11) is 2.87. The van der Waals surface area contributed by atoms with Gasteiger partial charge in [0.25, 0.3) is 17.4 Å². The maximum atomic E-state index is 13.0. The summed E-state index contributed by atoms with van der Waals surface area (Å²) in [4.78, 5) is 54.7. The number of benzene rings is 2. The van der Waals surface area contributed by atoms with Gasteiger partial charge in [0.15, 0.2) is 0 Å². The van der Waals surface area contributed by atoms with Gasteiger partial charge in [0.2, 0.25) is 0 Å². The maximum absolute atomic E-state index is 13.0. The van der Waals surface area contributed by atoms with Crippen LogP contribution in [0.2, 0.25) is 0 Å².